The molecule has 1 heterocycles. The molecule has 1 aromatic carbocycles. The van der Waals surface area contributed by atoms with Gasteiger partial charge in [0.05, 0.1) is 5.56 Å². The molecule has 122 valence electrons. The van der Waals surface area contributed by atoms with Crippen LogP contribution in [0, 0.1) is 0 Å². The van der Waals surface area contributed by atoms with Crippen molar-refractivity contribution < 1.29 is 14.7 Å². The van der Waals surface area contributed by atoms with Crippen LogP contribution in [0.25, 0.3) is 0 Å². The number of carboxylic acids is 1. The van der Waals surface area contributed by atoms with E-state index in [1.807, 2.05) is 11.4 Å². The largest absolute Gasteiger partial charge is 0.478 e. The third-order valence-corrected chi connectivity index (χ3v) is 5.02. The molecule has 0 saturated heterocycles. The Morgan fingerprint density at radius 2 is 1.91 bits per heavy atom. The Kier molecular flexibility index (Phi) is 5.55. The monoisotopic (exact) mass is 331 g/mol. The Morgan fingerprint density at radius 1 is 1.17 bits per heavy atom. The quantitative estimate of drug-likeness (QED) is 0.816. The highest BCUT2D eigenvalue weighted by Gasteiger charge is 2.22. The van der Waals surface area contributed by atoms with Crippen molar-refractivity contribution in [2.75, 3.05) is 6.54 Å². The SMILES string of the molecule is CC(C)(CNC(=O)CCc1ccccc1C(=O)O)c1cccs1. The number of carbonyl (C=O) groups is 2. The van der Waals surface area contributed by atoms with Crippen molar-refractivity contribution >= 4 is 23.2 Å². The Hall–Kier alpha value is -2.14. The van der Waals surface area contributed by atoms with Crippen LogP contribution in [0.3, 0.4) is 0 Å². The number of hydrogen-bond donors (Lipinski definition) is 2. The second-order valence-electron chi connectivity index (χ2n) is 6.10. The molecule has 0 atom stereocenters. The molecule has 0 bridgehead atoms. The third-order valence-electron chi connectivity index (χ3n) is 3.78. The van der Waals surface area contributed by atoms with Crippen LogP contribution in [-0.4, -0.2) is 23.5 Å². The summed E-state index contributed by atoms with van der Waals surface area (Å²) in [5, 5.41) is 14.1. The number of hydrogen-bond acceptors (Lipinski definition) is 3. The van der Waals surface area contributed by atoms with Gasteiger partial charge in [0.25, 0.3) is 0 Å². The maximum Gasteiger partial charge on any atom is 0.335 e. The second-order valence-corrected chi connectivity index (χ2v) is 7.05. The first-order chi connectivity index (χ1) is 10.9. The van der Waals surface area contributed by atoms with Crippen molar-refractivity contribution in [3.63, 3.8) is 0 Å². The third kappa shape index (κ3) is 4.66. The molecule has 1 aromatic heterocycles. The molecule has 2 aromatic rings. The zero-order valence-corrected chi connectivity index (χ0v) is 14.2. The Balaban J connectivity index is 1.88. The summed E-state index contributed by atoms with van der Waals surface area (Å²) in [6.07, 6.45) is 0.707. The standard InChI is InChI=1S/C18H21NO3S/c1-18(2,15-8-5-11-23-15)12-19-16(20)10-9-13-6-3-4-7-14(13)17(21)22/h3-8,11H,9-10,12H2,1-2H3,(H,19,20)(H,21,22). The number of rotatable bonds is 7. The van der Waals surface area contributed by atoms with Gasteiger partial charge in [-0.15, -0.1) is 11.3 Å². The van der Waals surface area contributed by atoms with Gasteiger partial charge in [-0.25, -0.2) is 4.79 Å². The predicted octanol–water partition coefficient (Wildman–Crippen LogP) is 3.47. The van der Waals surface area contributed by atoms with Crippen molar-refractivity contribution in [3.8, 4) is 0 Å². The van der Waals surface area contributed by atoms with Crippen LogP contribution in [0.4, 0.5) is 0 Å². The molecule has 4 nitrogen and oxygen atoms in total. The van der Waals surface area contributed by atoms with Crippen LogP contribution in [0.5, 0.6) is 0 Å². The van der Waals surface area contributed by atoms with Gasteiger partial charge in [0, 0.05) is 23.3 Å². The fourth-order valence-electron chi connectivity index (χ4n) is 2.35. The number of nitrogens with one attached hydrogen (secondary N) is 1. The maximum atomic E-state index is 12.1. The highest BCUT2D eigenvalue weighted by Crippen LogP contribution is 2.26. The smallest absolute Gasteiger partial charge is 0.335 e. The van der Waals surface area contributed by atoms with Crippen LogP contribution in [-0.2, 0) is 16.6 Å². The van der Waals surface area contributed by atoms with Crippen molar-refractivity contribution in [1.82, 2.24) is 5.32 Å². The van der Waals surface area contributed by atoms with Crippen molar-refractivity contribution in [2.24, 2.45) is 0 Å². The molecule has 0 spiro atoms. The highest BCUT2D eigenvalue weighted by molar-refractivity contribution is 7.10. The van der Waals surface area contributed by atoms with Gasteiger partial charge in [0.2, 0.25) is 5.91 Å². The topological polar surface area (TPSA) is 66.4 Å². The summed E-state index contributed by atoms with van der Waals surface area (Å²) in [6.45, 7) is 4.75. The van der Waals surface area contributed by atoms with E-state index in [1.54, 1.807) is 35.6 Å². The lowest BCUT2D eigenvalue weighted by Crippen LogP contribution is -2.36. The van der Waals surface area contributed by atoms with Gasteiger partial charge in [-0.05, 0) is 29.5 Å². The van der Waals surface area contributed by atoms with Crippen molar-refractivity contribution in [3.05, 3.63) is 57.8 Å². The molecule has 0 fully saturated rings. The normalized spacial score (nSPS) is 11.2. The van der Waals surface area contributed by atoms with Gasteiger partial charge in [-0.2, -0.15) is 0 Å². The first-order valence-electron chi connectivity index (χ1n) is 7.52. The Bertz CT molecular complexity index is 677. The van der Waals surface area contributed by atoms with Crippen molar-refractivity contribution in [2.45, 2.75) is 32.1 Å². The first-order valence-corrected chi connectivity index (χ1v) is 8.40. The van der Waals surface area contributed by atoms with E-state index in [0.29, 0.717) is 18.5 Å². The minimum atomic E-state index is -0.958. The molecule has 0 aliphatic carbocycles. The number of amides is 1. The van der Waals surface area contributed by atoms with E-state index in [9.17, 15) is 9.59 Å². The van der Waals surface area contributed by atoms with Gasteiger partial charge >= 0.3 is 5.97 Å². The van der Waals surface area contributed by atoms with Gasteiger partial charge in [-0.1, -0.05) is 38.1 Å². The van der Waals surface area contributed by atoms with Gasteiger partial charge in [-0.3, -0.25) is 4.79 Å². The van der Waals surface area contributed by atoms with E-state index in [1.165, 1.54) is 4.88 Å². The molecule has 5 heteroatoms. The summed E-state index contributed by atoms with van der Waals surface area (Å²) in [6, 6.07) is 10.9. The molecule has 0 unspecified atom stereocenters. The average Bonchev–Trinajstić information content (AvgIpc) is 3.06. The lowest BCUT2D eigenvalue weighted by molar-refractivity contribution is -0.121. The molecule has 1 amide bonds. The molecule has 0 saturated carbocycles. The predicted molar refractivity (Wildman–Crippen MR) is 92.1 cm³/mol. The van der Waals surface area contributed by atoms with Crippen LogP contribution in [0.15, 0.2) is 41.8 Å². The van der Waals surface area contributed by atoms with Crippen LogP contribution < -0.4 is 5.32 Å². The number of benzene rings is 1. The molecule has 0 aliphatic heterocycles. The number of thiophene rings is 1. The fraction of sp³-hybridized carbons (Fsp3) is 0.333. The molecular weight excluding hydrogens is 310 g/mol. The van der Waals surface area contributed by atoms with Crippen LogP contribution in [0.2, 0.25) is 0 Å². The Labute approximate surface area is 140 Å². The van der Waals surface area contributed by atoms with Gasteiger partial charge in [0.15, 0.2) is 0 Å². The summed E-state index contributed by atoms with van der Waals surface area (Å²) >= 11 is 1.68. The fourth-order valence-corrected chi connectivity index (χ4v) is 3.21. The van der Waals surface area contributed by atoms with Crippen molar-refractivity contribution in [1.29, 1.82) is 0 Å². The summed E-state index contributed by atoms with van der Waals surface area (Å²) in [5.41, 5.74) is 0.842. The number of aromatic carboxylic acids is 1. The summed E-state index contributed by atoms with van der Waals surface area (Å²) in [4.78, 5) is 24.4. The maximum absolute atomic E-state index is 12.1. The van der Waals surface area contributed by atoms with Crippen LogP contribution in [0.1, 0.15) is 41.1 Å². The zero-order valence-electron chi connectivity index (χ0n) is 13.3. The molecule has 23 heavy (non-hydrogen) atoms. The van der Waals surface area contributed by atoms with E-state index in [-0.39, 0.29) is 23.3 Å². The van der Waals surface area contributed by atoms with E-state index < -0.39 is 5.97 Å². The molecule has 0 radical (unpaired) electrons. The molecule has 0 aliphatic rings. The van der Waals surface area contributed by atoms with E-state index in [4.69, 9.17) is 5.11 Å². The number of aryl methyl sites for hydroxylation is 1. The molecular formula is C18H21NO3S. The lowest BCUT2D eigenvalue weighted by atomic mass is 9.91. The zero-order chi connectivity index (χ0) is 16.9. The summed E-state index contributed by atoms with van der Waals surface area (Å²) in [5.74, 6) is -1.02. The summed E-state index contributed by atoms with van der Waals surface area (Å²) in [7, 11) is 0. The number of carboxylic acid groups (broad SMARTS) is 1. The highest BCUT2D eigenvalue weighted by atomic mass is 32.1. The van der Waals surface area contributed by atoms with Crippen LogP contribution >= 0.6 is 11.3 Å². The van der Waals surface area contributed by atoms with Gasteiger partial charge in [0.1, 0.15) is 0 Å². The van der Waals surface area contributed by atoms with E-state index in [2.05, 4.69) is 25.2 Å². The molecule has 2 rings (SSSR count). The average molecular weight is 331 g/mol. The Morgan fingerprint density at radius 3 is 2.57 bits per heavy atom. The van der Waals surface area contributed by atoms with Gasteiger partial charge < -0.3 is 10.4 Å². The minimum Gasteiger partial charge on any atom is -0.478 e. The second kappa shape index (κ2) is 7.42. The number of carbonyl (C=O) groups excluding carboxylic acids is 1. The lowest BCUT2D eigenvalue weighted by Gasteiger charge is -2.23. The van der Waals surface area contributed by atoms with E-state index in [0.717, 1.165) is 0 Å². The van der Waals surface area contributed by atoms with E-state index >= 15 is 0 Å². The summed E-state index contributed by atoms with van der Waals surface area (Å²) < 4.78 is 0. The first kappa shape index (κ1) is 17.2. The minimum absolute atomic E-state index is 0.0603. The molecule has 2 N–H and O–H groups in total.